The predicted octanol–water partition coefficient (Wildman–Crippen LogP) is 2.87. The first-order valence-electron chi connectivity index (χ1n) is 9.44. The standard InChI is InChI=1S/C20H24N2O4S/c1-27(24)18-12-22-11-17(26-20(22)21-19(18)23)13-25-16-9-7-15(8-10-16)14-5-3-2-4-6-14/h7-10,12,14,17H,2-6,11,13H2,1H3/t17?,27-/m0/s1. The van der Waals surface area contributed by atoms with Crippen molar-refractivity contribution >= 4 is 10.8 Å². The van der Waals surface area contributed by atoms with Crippen LogP contribution in [0.2, 0.25) is 0 Å². The molecule has 1 unspecified atom stereocenters. The van der Waals surface area contributed by atoms with Crippen molar-refractivity contribution in [1.29, 1.82) is 0 Å². The first-order chi connectivity index (χ1) is 13.1. The maximum Gasteiger partial charge on any atom is 0.300 e. The number of hydrogen-bond acceptors (Lipinski definition) is 5. The normalized spacial score (nSPS) is 20.7. The minimum Gasteiger partial charge on any atom is -0.490 e. The molecule has 0 saturated heterocycles. The topological polar surface area (TPSA) is 70.4 Å². The van der Waals surface area contributed by atoms with Crippen molar-refractivity contribution in [1.82, 2.24) is 9.55 Å². The number of benzene rings is 1. The van der Waals surface area contributed by atoms with Gasteiger partial charge in [-0.15, -0.1) is 0 Å². The Morgan fingerprint density at radius 1 is 1.22 bits per heavy atom. The summed E-state index contributed by atoms with van der Waals surface area (Å²) in [6.07, 6.45) is 9.39. The van der Waals surface area contributed by atoms with Gasteiger partial charge in [-0.1, -0.05) is 31.4 Å². The molecule has 27 heavy (non-hydrogen) atoms. The van der Waals surface area contributed by atoms with Crippen LogP contribution in [-0.2, 0) is 17.3 Å². The average Bonchev–Trinajstić information content (AvgIpc) is 3.08. The SMILES string of the molecule is C[S@](=O)c1cn2c(nc1=O)OC(COc1ccc(C3CCCCC3)cc1)C2. The molecule has 2 heterocycles. The van der Waals surface area contributed by atoms with Crippen LogP contribution in [0.25, 0.3) is 0 Å². The molecule has 1 aromatic heterocycles. The van der Waals surface area contributed by atoms with Crippen molar-refractivity contribution < 1.29 is 13.7 Å². The van der Waals surface area contributed by atoms with Crippen molar-refractivity contribution in [3.63, 3.8) is 0 Å². The van der Waals surface area contributed by atoms with Gasteiger partial charge in [0.25, 0.3) is 11.6 Å². The van der Waals surface area contributed by atoms with Gasteiger partial charge in [-0.3, -0.25) is 13.6 Å². The highest BCUT2D eigenvalue weighted by atomic mass is 32.2. The number of fused-ring (bicyclic) bond motifs is 1. The van der Waals surface area contributed by atoms with E-state index >= 15 is 0 Å². The van der Waals surface area contributed by atoms with E-state index in [1.807, 2.05) is 12.1 Å². The molecule has 6 nitrogen and oxygen atoms in total. The second-order valence-electron chi connectivity index (χ2n) is 7.25. The summed E-state index contributed by atoms with van der Waals surface area (Å²) in [5.74, 6) is 1.49. The highest BCUT2D eigenvalue weighted by molar-refractivity contribution is 7.84. The van der Waals surface area contributed by atoms with Gasteiger partial charge in [0, 0.05) is 12.5 Å². The lowest BCUT2D eigenvalue weighted by Gasteiger charge is -2.22. The summed E-state index contributed by atoms with van der Waals surface area (Å²) in [7, 11) is -1.36. The highest BCUT2D eigenvalue weighted by Crippen LogP contribution is 2.33. The molecule has 1 aliphatic heterocycles. The van der Waals surface area contributed by atoms with E-state index < -0.39 is 16.4 Å². The number of ether oxygens (including phenoxy) is 2. The fourth-order valence-electron chi connectivity index (χ4n) is 3.83. The Bertz CT molecular complexity index is 888. The molecule has 0 amide bonds. The third kappa shape index (κ3) is 4.08. The molecular formula is C20H24N2O4S. The van der Waals surface area contributed by atoms with E-state index in [2.05, 4.69) is 17.1 Å². The highest BCUT2D eigenvalue weighted by Gasteiger charge is 2.26. The Morgan fingerprint density at radius 3 is 2.67 bits per heavy atom. The van der Waals surface area contributed by atoms with Gasteiger partial charge in [0.15, 0.2) is 6.10 Å². The van der Waals surface area contributed by atoms with Gasteiger partial charge < -0.3 is 9.47 Å². The lowest BCUT2D eigenvalue weighted by Crippen LogP contribution is -2.23. The zero-order valence-corrected chi connectivity index (χ0v) is 16.2. The first kappa shape index (κ1) is 18.2. The van der Waals surface area contributed by atoms with Crippen LogP contribution in [0.15, 0.2) is 40.2 Å². The zero-order chi connectivity index (χ0) is 18.8. The average molecular weight is 388 g/mol. The van der Waals surface area contributed by atoms with Crippen molar-refractivity contribution in [2.24, 2.45) is 0 Å². The number of rotatable bonds is 5. The summed E-state index contributed by atoms with van der Waals surface area (Å²) in [6, 6.07) is 8.63. The minimum atomic E-state index is -1.36. The Hall–Kier alpha value is -2.15. The van der Waals surface area contributed by atoms with Crippen LogP contribution in [0.4, 0.5) is 0 Å². The summed E-state index contributed by atoms with van der Waals surface area (Å²) in [4.78, 5) is 15.9. The first-order valence-corrected chi connectivity index (χ1v) is 11.0. The number of nitrogens with zero attached hydrogens (tertiary/aromatic N) is 2. The lowest BCUT2D eigenvalue weighted by molar-refractivity contribution is 0.143. The molecule has 2 atom stereocenters. The van der Waals surface area contributed by atoms with Crippen LogP contribution in [0.5, 0.6) is 11.8 Å². The molecule has 1 aromatic carbocycles. The molecule has 2 aliphatic rings. The summed E-state index contributed by atoms with van der Waals surface area (Å²) in [6.45, 7) is 0.887. The van der Waals surface area contributed by atoms with Crippen molar-refractivity contribution in [3.05, 3.63) is 46.4 Å². The maximum atomic E-state index is 11.8. The van der Waals surface area contributed by atoms with E-state index in [0.29, 0.717) is 19.1 Å². The van der Waals surface area contributed by atoms with Crippen molar-refractivity contribution in [3.8, 4) is 11.8 Å². The van der Waals surface area contributed by atoms with Gasteiger partial charge in [0.2, 0.25) is 0 Å². The van der Waals surface area contributed by atoms with Crippen LogP contribution in [0.3, 0.4) is 0 Å². The fourth-order valence-corrected chi connectivity index (χ4v) is 4.40. The molecule has 0 spiro atoms. The van der Waals surface area contributed by atoms with Crippen molar-refractivity contribution in [2.45, 2.75) is 55.6 Å². The quantitative estimate of drug-likeness (QED) is 0.788. The van der Waals surface area contributed by atoms with Crippen LogP contribution < -0.4 is 15.0 Å². The van der Waals surface area contributed by atoms with Crippen LogP contribution >= 0.6 is 0 Å². The third-order valence-corrected chi connectivity index (χ3v) is 6.20. The molecule has 2 aromatic rings. The molecule has 0 bridgehead atoms. The van der Waals surface area contributed by atoms with Gasteiger partial charge >= 0.3 is 0 Å². The van der Waals surface area contributed by atoms with E-state index in [9.17, 15) is 9.00 Å². The van der Waals surface area contributed by atoms with Crippen molar-refractivity contribution in [2.75, 3.05) is 12.9 Å². The third-order valence-electron chi connectivity index (χ3n) is 5.30. The molecule has 0 radical (unpaired) electrons. The maximum absolute atomic E-state index is 11.8. The van der Waals surface area contributed by atoms with E-state index in [1.165, 1.54) is 43.9 Å². The van der Waals surface area contributed by atoms with E-state index in [1.54, 1.807) is 10.8 Å². The second kappa shape index (κ2) is 7.84. The molecule has 1 fully saturated rings. The molecular weight excluding hydrogens is 364 g/mol. The second-order valence-corrected chi connectivity index (χ2v) is 8.60. The van der Waals surface area contributed by atoms with Gasteiger partial charge in [0.05, 0.1) is 17.3 Å². The number of hydrogen-bond donors (Lipinski definition) is 0. The monoisotopic (exact) mass is 388 g/mol. The summed E-state index contributed by atoms with van der Waals surface area (Å²) in [5, 5.41) is 0. The number of aromatic nitrogens is 2. The molecule has 0 N–H and O–H groups in total. The van der Waals surface area contributed by atoms with Crippen LogP contribution in [0.1, 0.15) is 43.6 Å². The van der Waals surface area contributed by atoms with Gasteiger partial charge in [-0.05, 0) is 36.5 Å². The summed E-state index contributed by atoms with van der Waals surface area (Å²) >= 11 is 0. The van der Waals surface area contributed by atoms with Crippen LogP contribution in [-0.4, -0.2) is 32.7 Å². The van der Waals surface area contributed by atoms with Crippen LogP contribution in [0, 0.1) is 0 Å². The van der Waals surface area contributed by atoms with Gasteiger partial charge in [-0.25, -0.2) is 0 Å². The van der Waals surface area contributed by atoms with E-state index in [-0.39, 0.29) is 17.0 Å². The molecule has 1 aliphatic carbocycles. The smallest absolute Gasteiger partial charge is 0.300 e. The predicted molar refractivity (Wildman–Crippen MR) is 103 cm³/mol. The zero-order valence-electron chi connectivity index (χ0n) is 15.4. The molecule has 7 heteroatoms. The molecule has 1 saturated carbocycles. The molecule has 4 rings (SSSR count). The lowest BCUT2D eigenvalue weighted by atomic mass is 9.84. The van der Waals surface area contributed by atoms with Gasteiger partial charge in [0.1, 0.15) is 17.3 Å². The molecule has 144 valence electrons. The Morgan fingerprint density at radius 2 is 1.96 bits per heavy atom. The summed E-state index contributed by atoms with van der Waals surface area (Å²) < 4.78 is 24.9. The Kier molecular flexibility index (Phi) is 5.29. The largest absolute Gasteiger partial charge is 0.490 e. The van der Waals surface area contributed by atoms with E-state index in [0.717, 1.165) is 5.75 Å². The summed E-state index contributed by atoms with van der Waals surface area (Å²) in [5.41, 5.74) is 0.899. The van der Waals surface area contributed by atoms with E-state index in [4.69, 9.17) is 9.47 Å². The fraction of sp³-hybridized carbons (Fsp3) is 0.500. The Balaban J connectivity index is 1.35. The van der Waals surface area contributed by atoms with Gasteiger partial charge in [-0.2, -0.15) is 4.98 Å². The minimum absolute atomic E-state index is 0.196. The Labute approximate surface area is 161 Å².